The average Bonchev–Trinajstić information content (AvgIpc) is 3.15. The lowest BCUT2D eigenvalue weighted by Gasteiger charge is -2.41. The summed E-state index contributed by atoms with van der Waals surface area (Å²) in [6.07, 6.45) is 12.3. The van der Waals surface area contributed by atoms with Crippen LogP contribution in [0.15, 0.2) is 6.20 Å². The summed E-state index contributed by atoms with van der Waals surface area (Å²) >= 11 is -1.50. The van der Waals surface area contributed by atoms with Gasteiger partial charge in [0.2, 0.25) is 0 Å². The zero-order chi connectivity index (χ0) is 20.8. The number of aliphatic carboxylic acids is 1. The molecule has 1 heterocycles. The van der Waals surface area contributed by atoms with Crippen LogP contribution in [-0.4, -0.2) is 54.4 Å². The molecule has 1 aromatic heterocycles. The number of carboxylic acid groups (broad SMARTS) is 1. The molecule has 0 saturated heterocycles. The first kappa shape index (κ1) is 22.0. The summed E-state index contributed by atoms with van der Waals surface area (Å²) in [5.74, 6) is -1.23. The summed E-state index contributed by atoms with van der Waals surface area (Å²) in [5, 5.41) is 12.3. The van der Waals surface area contributed by atoms with E-state index >= 15 is 0 Å². The summed E-state index contributed by atoms with van der Waals surface area (Å²) in [5.41, 5.74) is 0. The Labute approximate surface area is 176 Å². The van der Waals surface area contributed by atoms with Gasteiger partial charge < -0.3 is 10.0 Å². The Morgan fingerprint density at radius 1 is 1.10 bits per heavy atom. The van der Waals surface area contributed by atoms with E-state index in [1.807, 2.05) is 4.90 Å². The lowest BCUT2D eigenvalue weighted by Crippen LogP contribution is -2.50. The number of urea groups is 1. The Morgan fingerprint density at radius 3 is 2.14 bits per heavy atom. The second-order valence-corrected chi connectivity index (χ2v) is 9.50. The number of rotatable bonds is 7. The van der Waals surface area contributed by atoms with Crippen molar-refractivity contribution in [3.63, 3.8) is 0 Å². The van der Waals surface area contributed by atoms with Crippen molar-refractivity contribution >= 4 is 44.7 Å². The Balaban J connectivity index is 1.72. The quantitative estimate of drug-likeness (QED) is 0.552. The second-order valence-electron chi connectivity index (χ2n) is 7.59. The Hall–Kier alpha value is -1.72. The van der Waals surface area contributed by atoms with Gasteiger partial charge in [0.05, 0.1) is 6.20 Å². The van der Waals surface area contributed by atoms with Gasteiger partial charge in [-0.25, -0.2) is 18.3 Å². The number of hydrogen-bond donors (Lipinski definition) is 3. The molecule has 162 valence electrons. The minimum atomic E-state index is -2.49. The molecule has 0 bridgehead atoms. The highest BCUT2D eigenvalue weighted by Crippen LogP contribution is 2.32. The van der Waals surface area contributed by atoms with Gasteiger partial charge >= 0.3 is 12.0 Å². The van der Waals surface area contributed by atoms with Gasteiger partial charge in [-0.05, 0) is 25.7 Å². The van der Waals surface area contributed by atoms with Crippen LogP contribution in [-0.2, 0) is 16.1 Å². The van der Waals surface area contributed by atoms with E-state index in [1.165, 1.54) is 19.0 Å². The average molecular weight is 445 g/mol. The van der Waals surface area contributed by atoms with Gasteiger partial charge in [-0.15, -0.1) is 0 Å². The number of amides is 2. The molecule has 2 aliphatic rings. The first-order valence-corrected chi connectivity index (χ1v) is 12.0. The van der Waals surface area contributed by atoms with Gasteiger partial charge in [-0.3, -0.25) is 14.7 Å². The molecule has 0 spiro atoms. The number of nitrogens with one attached hydrogen (secondary N) is 1. The lowest BCUT2D eigenvalue weighted by atomic mass is 9.89. The first-order chi connectivity index (χ1) is 14.0. The van der Waals surface area contributed by atoms with Crippen LogP contribution in [0.5, 0.6) is 0 Å². The van der Waals surface area contributed by atoms with Gasteiger partial charge in [-0.1, -0.05) is 49.9 Å². The Morgan fingerprint density at radius 2 is 1.66 bits per heavy atom. The van der Waals surface area contributed by atoms with Crippen molar-refractivity contribution in [3.05, 3.63) is 6.20 Å². The number of carbonyl (C=O) groups excluding carboxylic acids is 1. The summed E-state index contributed by atoms with van der Waals surface area (Å²) in [7, 11) is 0. The highest BCUT2D eigenvalue weighted by Gasteiger charge is 2.33. The van der Waals surface area contributed by atoms with Crippen molar-refractivity contribution in [3.8, 4) is 0 Å². The number of anilines is 2. The second kappa shape index (κ2) is 10.4. The predicted molar refractivity (Wildman–Crippen MR) is 112 cm³/mol. The SMILES string of the molecule is O=C(O)CN(c1cnc(NC(=O)N(C2CCCCC2)C2CCCCC2)s1)S(=O)O. The molecule has 2 aliphatic carbocycles. The van der Waals surface area contributed by atoms with E-state index in [-0.39, 0.29) is 23.1 Å². The van der Waals surface area contributed by atoms with E-state index in [0.717, 1.165) is 67.0 Å². The minimum absolute atomic E-state index is 0.181. The molecule has 0 aromatic carbocycles. The monoisotopic (exact) mass is 444 g/mol. The zero-order valence-corrected chi connectivity index (χ0v) is 17.9. The third-order valence-corrected chi connectivity index (χ3v) is 7.35. The summed E-state index contributed by atoms with van der Waals surface area (Å²) < 4.78 is 21.6. The molecular formula is C18H28N4O5S2. The summed E-state index contributed by atoms with van der Waals surface area (Å²) in [6.45, 7) is -0.630. The van der Waals surface area contributed by atoms with Crippen LogP contribution in [0.2, 0.25) is 0 Å². The molecular weight excluding hydrogens is 416 g/mol. The highest BCUT2D eigenvalue weighted by molar-refractivity contribution is 7.81. The van der Waals surface area contributed by atoms with E-state index in [9.17, 15) is 18.4 Å². The standard InChI is InChI=1S/C18H28N4O5S2/c23-16(24)12-21(29(26)27)15-11-19-17(28-15)20-18(25)22(13-7-3-1-4-8-13)14-9-5-2-6-10-14/h11,13-14H,1-10,12H2,(H,23,24)(H,26,27)(H,19,20,25). The lowest BCUT2D eigenvalue weighted by molar-refractivity contribution is -0.135. The molecule has 3 rings (SSSR count). The van der Waals surface area contributed by atoms with Gasteiger partial charge in [0.15, 0.2) is 5.13 Å². The van der Waals surface area contributed by atoms with Crippen molar-refractivity contribution in [1.82, 2.24) is 9.88 Å². The van der Waals surface area contributed by atoms with Crippen molar-refractivity contribution in [2.75, 3.05) is 16.2 Å². The zero-order valence-electron chi connectivity index (χ0n) is 16.3. The Kier molecular flexibility index (Phi) is 7.84. The van der Waals surface area contributed by atoms with Crippen LogP contribution in [0, 0.1) is 0 Å². The van der Waals surface area contributed by atoms with Gasteiger partial charge in [-0.2, -0.15) is 0 Å². The molecule has 9 nitrogen and oxygen atoms in total. The highest BCUT2D eigenvalue weighted by atomic mass is 32.2. The van der Waals surface area contributed by atoms with Crippen molar-refractivity contribution in [1.29, 1.82) is 0 Å². The number of aromatic nitrogens is 1. The van der Waals surface area contributed by atoms with Crippen LogP contribution in [0.25, 0.3) is 0 Å². The number of carbonyl (C=O) groups is 2. The van der Waals surface area contributed by atoms with E-state index in [4.69, 9.17) is 5.11 Å². The van der Waals surface area contributed by atoms with Crippen LogP contribution < -0.4 is 9.62 Å². The predicted octanol–water partition coefficient (Wildman–Crippen LogP) is 3.67. The maximum atomic E-state index is 13.2. The van der Waals surface area contributed by atoms with Gasteiger partial charge in [0.1, 0.15) is 11.5 Å². The molecule has 0 aliphatic heterocycles. The van der Waals surface area contributed by atoms with Crippen LogP contribution in [0.3, 0.4) is 0 Å². The first-order valence-electron chi connectivity index (χ1n) is 10.1. The minimum Gasteiger partial charge on any atom is -0.480 e. The molecule has 2 saturated carbocycles. The fraction of sp³-hybridized carbons (Fsp3) is 0.722. The van der Waals surface area contributed by atoms with Crippen molar-refractivity contribution in [2.45, 2.75) is 76.3 Å². The normalized spacial score (nSPS) is 19.5. The largest absolute Gasteiger partial charge is 0.480 e. The van der Waals surface area contributed by atoms with Crippen LogP contribution in [0.4, 0.5) is 14.9 Å². The van der Waals surface area contributed by atoms with E-state index < -0.39 is 23.8 Å². The van der Waals surface area contributed by atoms with Gasteiger partial charge in [0, 0.05) is 12.1 Å². The van der Waals surface area contributed by atoms with Crippen molar-refractivity contribution < 1.29 is 23.5 Å². The number of carboxylic acids is 1. The molecule has 2 fully saturated rings. The molecule has 11 heteroatoms. The summed E-state index contributed by atoms with van der Waals surface area (Å²) in [4.78, 5) is 30.2. The number of thiazole rings is 1. The molecule has 1 atom stereocenters. The third kappa shape index (κ3) is 5.89. The molecule has 1 aromatic rings. The smallest absolute Gasteiger partial charge is 0.324 e. The molecule has 1 unspecified atom stereocenters. The van der Waals surface area contributed by atoms with Gasteiger partial charge in [0.25, 0.3) is 11.3 Å². The van der Waals surface area contributed by atoms with E-state index in [2.05, 4.69) is 10.3 Å². The molecule has 3 N–H and O–H groups in total. The summed E-state index contributed by atoms with van der Waals surface area (Å²) in [6, 6.07) is 0.291. The Bertz CT molecular complexity index is 714. The topological polar surface area (TPSA) is 123 Å². The fourth-order valence-corrected chi connectivity index (χ4v) is 5.71. The van der Waals surface area contributed by atoms with Crippen LogP contribution in [0.1, 0.15) is 64.2 Å². The van der Waals surface area contributed by atoms with Crippen molar-refractivity contribution in [2.24, 2.45) is 0 Å². The molecule has 29 heavy (non-hydrogen) atoms. The maximum Gasteiger partial charge on any atom is 0.324 e. The fourth-order valence-electron chi connectivity index (χ4n) is 4.28. The van der Waals surface area contributed by atoms with E-state index in [1.54, 1.807) is 0 Å². The van der Waals surface area contributed by atoms with Crippen LogP contribution >= 0.6 is 11.3 Å². The molecule has 0 radical (unpaired) electrons. The van der Waals surface area contributed by atoms with E-state index in [0.29, 0.717) is 5.13 Å². The molecule has 2 amide bonds. The maximum absolute atomic E-state index is 13.2. The number of hydrogen-bond acceptors (Lipinski definition) is 5. The number of nitrogens with zero attached hydrogens (tertiary/aromatic N) is 3. The third-order valence-electron chi connectivity index (χ3n) is 5.59.